The molecule has 0 aromatic carbocycles. The summed E-state index contributed by atoms with van der Waals surface area (Å²) in [5.41, 5.74) is 0.707. The number of amides is 1. The van der Waals surface area contributed by atoms with Gasteiger partial charge < -0.3 is 14.4 Å². The number of nitrogens with zero attached hydrogens (tertiary/aromatic N) is 3. The summed E-state index contributed by atoms with van der Waals surface area (Å²) in [5.74, 6) is 0.279. The van der Waals surface area contributed by atoms with Gasteiger partial charge in [-0.1, -0.05) is 6.92 Å². The van der Waals surface area contributed by atoms with Gasteiger partial charge in [0.15, 0.2) is 5.78 Å². The van der Waals surface area contributed by atoms with E-state index in [9.17, 15) is 9.59 Å². The Bertz CT molecular complexity index is 473. The summed E-state index contributed by atoms with van der Waals surface area (Å²) in [5, 5.41) is 0. The van der Waals surface area contributed by atoms with E-state index in [2.05, 4.69) is 11.9 Å². The van der Waals surface area contributed by atoms with Crippen LogP contribution in [0.15, 0.2) is 18.5 Å². The Labute approximate surface area is 120 Å². The number of rotatable bonds is 5. The summed E-state index contributed by atoms with van der Waals surface area (Å²) in [6, 6.07) is 1.80. The molecule has 0 bridgehead atoms. The summed E-state index contributed by atoms with van der Waals surface area (Å²) in [4.78, 5) is 28.1. The third-order valence-corrected chi connectivity index (χ3v) is 3.72. The molecule has 2 heterocycles. The SMILES string of the molecule is CCCC(=O)c1ccn(CC(=O)N2CCN(C)CC2)c1. The molecule has 0 N–H and O–H groups in total. The number of hydrogen-bond acceptors (Lipinski definition) is 3. The Kier molecular flexibility index (Phi) is 4.95. The molecule has 20 heavy (non-hydrogen) atoms. The summed E-state index contributed by atoms with van der Waals surface area (Å²) >= 11 is 0. The zero-order chi connectivity index (χ0) is 14.5. The maximum Gasteiger partial charge on any atom is 0.242 e. The molecule has 1 saturated heterocycles. The smallest absolute Gasteiger partial charge is 0.242 e. The number of ketones is 1. The topological polar surface area (TPSA) is 45.6 Å². The van der Waals surface area contributed by atoms with Crippen molar-refractivity contribution in [2.24, 2.45) is 0 Å². The van der Waals surface area contributed by atoms with Crippen molar-refractivity contribution in [3.8, 4) is 0 Å². The second-order valence-electron chi connectivity index (χ2n) is 5.43. The summed E-state index contributed by atoms with van der Waals surface area (Å²) in [6.07, 6.45) is 5.02. The van der Waals surface area contributed by atoms with Crippen LogP contribution in [-0.2, 0) is 11.3 Å². The molecule has 110 valence electrons. The van der Waals surface area contributed by atoms with Crippen molar-refractivity contribution >= 4 is 11.7 Å². The fourth-order valence-electron chi connectivity index (χ4n) is 2.39. The molecule has 1 aromatic heterocycles. The minimum absolute atomic E-state index is 0.128. The van der Waals surface area contributed by atoms with Crippen LogP contribution in [0, 0.1) is 0 Å². The number of hydrogen-bond donors (Lipinski definition) is 0. The highest BCUT2D eigenvalue weighted by Crippen LogP contribution is 2.08. The van der Waals surface area contributed by atoms with Crippen molar-refractivity contribution in [2.45, 2.75) is 26.3 Å². The Morgan fingerprint density at radius 2 is 1.90 bits per heavy atom. The average Bonchev–Trinajstić information content (AvgIpc) is 2.88. The number of Topliss-reactive ketones (excluding diaryl/α,β-unsaturated/α-hetero) is 1. The van der Waals surface area contributed by atoms with Crippen molar-refractivity contribution in [3.63, 3.8) is 0 Å². The highest BCUT2D eigenvalue weighted by atomic mass is 16.2. The number of carbonyl (C=O) groups is 2. The molecule has 0 atom stereocenters. The second kappa shape index (κ2) is 6.70. The third-order valence-electron chi connectivity index (χ3n) is 3.72. The fraction of sp³-hybridized carbons (Fsp3) is 0.600. The quantitative estimate of drug-likeness (QED) is 0.761. The highest BCUT2D eigenvalue weighted by Gasteiger charge is 2.19. The molecule has 1 aromatic rings. The number of piperazine rings is 1. The van der Waals surface area contributed by atoms with E-state index in [1.165, 1.54) is 0 Å². The number of carbonyl (C=O) groups excluding carboxylic acids is 2. The zero-order valence-corrected chi connectivity index (χ0v) is 12.3. The maximum atomic E-state index is 12.2. The Morgan fingerprint density at radius 3 is 2.55 bits per heavy atom. The number of likely N-dealkylation sites (N-methyl/N-ethyl adjacent to an activating group) is 1. The van der Waals surface area contributed by atoms with Crippen LogP contribution < -0.4 is 0 Å². The van der Waals surface area contributed by atoms with E-state index in [1.54, 1.807) is 12.3 Å². The van der Waals surface area contributed by atoms with Gasteiger partial charge >= 0.3 is 0 Å². The van der Waals surface area contributed by atoms with Crippen molar-refractivity contribution < 1.29 is 9.59 Å². The standard InChI is InChI=1S/C15H23N3O2/c1-3-4-14(19)13-5-6-17(11-13)12-15(20)18-9-7-16(2)8-10-18/h5-6,11H,3-4,7-10,12H2,1-2H3. The molecule has 0 aliphatic carbocycles. The van der Waals surface area contributed by atoms with E-state index in [0.717, 1.165) is 32.6 Å². The Morgan fingerprint density at radius 1 is 1.20 bits per heavy atom. The van der Waals surface area contributed by atoms with Crippen molar-refractivity contribution in [1.82, 2.24) is 14.4 Å². The molecule has 1 fully saturated rings. The predicted molar refractivity (Wildman–Crippen MR) is 77.7 cm³/mol. The molecular formula is C15H23N3O2. The van der Waals surface area contributed by atoms with Crippen LogP contribution in [0.3, 0.4) is 0 Å². The lowest BCUT2D eigenvalue weighted by molar-refractivity contribution is -0.133. The molecule has 0 unspecified atom stereocenters. The summed E-state index contributed by atoms with van der Waals surface area (Å²) in [6.45, 7) is 5.75. The van der Waals surface area contributed by atoms with Gasteiger partial charge in [0, 0.05) is 50.6 Å². The summed E-state index contributed by atoms with van der Waals surface area (Å²) < 4.78 is 1.81. The molecular weight excluding hydrogens is 254 g/mol. The first kappa shape index (κ1) is 14.8. The van der Waals surface area contributed by atoms with Crippen LogP contribution >= 0.6 is 0 Å². The van der Waals surface area contributed by atoms with Gasteiger partial charge in [-0.2, -0.15) is 0 Å². The highest BCUT2D eigenvalue weighted by molar-refractivity contribution is 5.95. The van der Waals surface area contributed by atoms with E-state index in [0.29, 0.717) is 18.5 Å². The van der Waals surface area contributed by atoms with Crippen LogP contribution in [0.1, 0.15) is 30.1 Å². The van der Waals surface area contributed by atoms with Gasteiger partial charge in [0.25, 0.3) is 0 Å². The normalized spacial score (nSPS) is 16.4. The van der Waals surface area contributed by atoms with Crippen LogP contribution in [0.4, 0.5) is 0 Å². The van der Waals surface area contributed by atoms with Gasteiger partial charge in [0.05, 0.1) is 0 Å². The van der Waals surface area contributed by atoms with Crippen LogP contribution in [0.5, 0.6) is 0 Å². The predicted octanol–water partition coefficient (Wildman–Crippen LogP) is 1.24. The largest absolute Gasteiger partial charge is 0.344 e. The minimum atomic E-state index is 0.128. The number of aromatic nitrogens is 1. The van der Waals surface area contributed by atoms with Crippen molar-refractivity contribution in [2.75, 3.05) is 33.2 Å². The Hall–Kier alpha value is -1.62. The molecule has 1 aliphatic heterocycles. The lowest BCUT2D eigenvalue weighted by atomic mass is 10.1. The van der Waals surface area contributed by atoms with Crippen LogP contribution in [0.25, 0.3) is 0 Å². The fourth-order valence-corrected chi connectivity index (χ4v) is 2.39. The minimum Gasteiger partial charge on any atom is -0.344 e. The first-order valence-corrected chi connectivity index (χ1v) is 7.25. The zero-order valence-electron chi connectivity index (χ0n) is 12.3. The van der Waals surface area contributed by atoms with E-state index in [4.69, 9.17) is 0 Å². The van der Waals surface area contributed by atoms with Gasteiger partial charge in [-0.15, -0.1) is 0 Å². The van der Waals surface area contributed by atoms with Gasteiger partial charge in [-0.25, -0.2) is 0 Å². The molecule has 2 rings (SSSR count). The lowest BCUT2D eigenvalue weighted by Crippen LogP contribution is -2.48. The second-order valence-corrected chi connectivity index (χ2v) is 5.43. The average molecular weight is 277 g/mol. The van der Waals surface area contributed by atoms with Gasteiger partial charge in [0.2, 0.25) is 5.91 Å². The van der Waals surface area contributed by atoms with Gasteiger partial charge in [-0.3, -0.25) is 9.59 Å². The van der Waals surface area contributed by atoms with Crippen molar-refractivity contribution in [1.29, 1.82) is 0 Å². The van der Waals surface area contributed by atoms with E-state index >= 15 is 0 Å². The molecule has 5 nitrogen and oxygen atoms in total. The monoisotopic (exact) mass is 277 g/mol. The molecule has 0 spiro atoms. The maximum absolute atomic E-state index is 12.2. The molecule has 5 heteroatoms. The summed E-state index contributed by atoms with van der Waals surface area (Å²) in [7, 11) is 2.07. The first-order valence-electron chi connectivity index (χ1n) is 7.25. The van der Waals surface area contributed by atoms with Crippen molar-refractivity contribution in [3.05, 3.63) is 24.0 Å². The van der Waals surface area contributed by atoms with Crippen LogP contribution in [0.2, 0.25) is 0 Å². The molecule has 1 amide bonds. The van der Waals surface area contributed by atoms with E-state index in [1.807, 2.05) is 22.6 Å². The van der Waals surface area contributed by atoms with Gasteiger partial charge in [0.1, 0.15) is 6.54 Å². The first-order chi connectivity index (χ1) is 9.60. The third kappa shape index (κ3) is 3.70. The van der Waals surface area contributed by atoms with E-state index in [-0.39, 0.29) is 11.7 Å². The van der Waals surface area contributed by atoms with Gasteiger partial charge in [-0.05, 0) is 19.5 Å². The van der Waals surface area contributed by atoms with E-state index < -0.39 is 0 Å². The van der Waals surface area contributed by atoms with Crippen LogP contribution in [-0.4, -0.2) is 59.3 Å². The Balaban J connectivity index is 1.90. The molecule has 0 radical (unpaired) electrons. The molecule has 1 aliphatic rings. The lowest BCUT2D eigenvalue weighted by Gasteiger charge is -2.32. The molecule has 0 saturated carbocycles.